The lowest BCUT2D eigenvalue weighted by atomic mass is 9.86. The standard InChI is InChI=1S/C19H26ClNO/c1-3-13-7-8-17(20)16(4-2)19(13)21-18(22)11-15-10-12-5-6-14(15)9-12/h7-8,12,14-15H,3-6,9-11H2,1-2H3,(H,21,22)/t12-,14+,15+/m0/s1. The average molecular weight is 320 g/mol. The predicted octanol–water partition coefficient (Wildman–Crippen LogP) is 5.23. The van der Waals surface area contributed by atoms with Crippen LogP contribution in [0.4, 0.5) is 5.69 Å². The SMILES string of the molecule is CCc1ccc(Cl)c(CC)c1NC(=O)C[C@H]1C[C@H]2CC[C@@H]1C2. The van der Waals surface area contributed by atoms with Crippen LogP contribution in [0.15, 0.2) is 12.1 Å². The molecule has 2 bridgehead atoms. The van der Waals surface area contributed by atoms with Crippen LogP contribution in [-0.4, -0.2) is 5.91 Å². The van der Waals surface area contributed by atoms with E-state index in [4.69, 9.17) is 11.6 Å². The number of carbonyl (C=O) groups is 1. The Labute approximate surface area is 138 Å². The van der Waals surface area contributed by atoms with Crippen LogP contribution in [-0.2, 0) is 17.6 Å². The van der Waals surface area contributed by atoms with Crippen molar-refractivity contribution in [3.8, 4) is 0 Å². The Balaban J connectivity index is 1.72. The third kappa shape index (κ3) is 3.03. The molecule has 1 amide bonds. The summed E-state index contributed by atoms with van der Waals surface area (Å²) in [6.45, 7) is 4.21. The molecule has 1 N–H and O–H groups in total. The molecular formula is C19H26ClNO. The maximum absolute atomic E-state index is 12.5. The molecule has 22 heavy (non-hydrogen) atoms. The fourth-order valence-electron chi connectivity index (χ4n) is 4.52. The second kappa shape index (κ2) is 6.62. The van der Waals surface area contributed by atoms with Gasteiger partial charge in [-0.15, -0.1) is 0 Å². The van der Waals surface area contributed by atoms with Gasteiger partial charge in [0, 0.05) is 17.1 Å². The van der Waals surface area contributed by atoms with E-state index in [2.05, 4.69) is 19.2 Å². The van der Waals surface area contributed by atoms with Crippen molar-refractivity contribution in [2.24, 2.45) is 17.8 Å². The van der Waals surface area contributed by atoms with Crippen molar-refractivity contribution in [3.63, 3.8) is 0 Å². The van der Waals surface area contributed by atoms with Crippen molar-refractivity contribution in [3.05, 3.63) is 28.3 Å². The smallest absolute Gasteiger partial charge is 0.224 e. The molecule has 0 aromatic heterocycles. The van der Waals surface area contributed by atoms with E-state index < -0.39 is 0 Å². The van der Waals surface area contributed by atoms with E-state index in [1.54, 1.807) is 0 Å². The summed E-state index contributed by atoms with van der Waals surface area (Å²) in [6.07, 6.45) is 7.77. The van der Waals surface area contributed by atoms with Crippen molar-refractivity contribution in [2.45, 2.75) is 58.8 Å². The minimum atomic E-state index is 0.171. The Bertz CT molecular complexity index is 569. The lowest BCUT2D eigenvalue weighted by Gasteiger charge is -2.22. The zero-order valence-electron chi connectivity index (χ0n) is 13.6. The average Bonchev–Trinajstić information content (AvgIpc) is 3.10. The second-order valence-corrected chi connectivity index (χ2v) is 7.36. The summed E-state index contributed by atoms with van der Waals surface area (Å²) in [5.74, 6) is 2.47. The molecule has 0 heterocycles. The molecule has 0 unspecified atom stereocenters. The van der Waals surface area contributed by atoms with Crippen LogP contribution in [0.25, 0.3) is 0 Å². The molecule has 1 aromatic rings. The van der Waals surface area contributed by atoms with E-state index in [1.807, 2.05) is 12.1 Å². The van der Waals surface area contributed by atoms with Crippen molar-refractivity contribution in [1.82, 2.24) is 0 Å². The number of hydrogen-bond donors (Lipinski definition) is 1. The van der Waals surface area contributed by atoms with Gasteiger partial charge in [-0.1, -0.05) is 37.9 Å². The number of nitrogens with one attached hydrogen (secondary N) is 1. The van der Waals surface area contributed by atoms with E-state index >= 15 is 0 Å². The predicted molar refractivity (Wildman–Crippen MR) is 92.4 cm³/mol. The van der Waals surface area contributed by atoms with Crippen molar-refractivity contribution >= 4 is 23.2 Å². The molecule has 3 heteroatoms. The fraction of sp³-hybridized carbons (Fsp3) is 0.632. The van der Waals surface area contributed by atoms with Crippen LogP contribution in [0.5, 0.6) is 0 Å². The van der Waals surface area contributed by atoms with Crippen molar-refractivity contribution in [1.29, 1.82) is 0 Å². The highest BCUT2D eigenvalue weighted by Crippen LogP contribution is 2.49. The molecule has 2 aliphatic rings. The molecule has 0 radical (unpaired) electrons. The summed E-state index contributed by atoms with van der Waals surface area (Å²) in [6, 6.07) is 3.99. The molecule has 0 spiro atoms. The summed E-state index contributed by atoms with van der Waals surface area (Å²) in [4.78, 5) is 12.5. The van der Waals surface area contributed by atoms with Crippen LogP contribution >= 0.6 is 11.6 Å². The Hall–Kier alpha value is -1.02. The van der Waals surface area contributed by atoms with E-state index in [0.29, 0.717) is 12.3 Å². The van der Waals surface area contributed by atoms with Crippen LogP contribution < -0.4 is 5.32 Å². The number of amides is 1. The molecule has 1 aromatic carbocycles. The number of halogens is 1. The van der Waals surface area contributed by atoms with E-state index in [9.17, 15) is 4.79 Å². The Morgan fingerprint density at radius 2 is 2.05 bits per heavy atom. The Morgan fingerprint density at radius 1 is 1.23 bits per heavy atom. The third-order valence-corrected chi connectivity index (χ3v) is 6.03. The van der Waals surface area contributed by atoms with Gasteiger partial charge < -0.3 is 5.32 Å². The van der Waals surface area contributed by atoms with Crippen molar-refractivity contribution in [2.75, 3.05) is 5.32 Å². The first-order chi connectivity index (χ1) is 10.6. The highest BCUT2D eigenvalue weighted by Gasteiger charge is 2.40. The Morgan fingerprint density at radius 3 is 2.64 bits per heavy atom. The van der Waals surface area contributed by atoms with E-state index in [1.165, 1.54) is 31.2 Å². The Kier molecular flexibility index (Phi) is 4.77. The molecule has 2 nitrogen and oxygen atoms in total. The zero-order valence-corrected chi connectivity index (χ0v) is 14.4. The molecule has 3 atom stereocenters. The van der Waals surface area contributed by atoms with Gasteiger partial charge in [-0.2, -0.15) is 0 Å². The molecule has 2 fully saturated rings. The van der Waals surface area contributed by atoms with Crippen LogP contribution in [0.2, 0.25) is 5.02 Å². The highest BCUT2D eigenvalue weighted by atomic mass is 35.5. The quantitative estimate of drug-likeness (QED) is 0.791. The number of rotatable bonds is 5. The highest BCUT2D eigenvalue weighted by molar-refractivity contribution is 6.32. The summed E-state index contributed by atoms with van der Waals surface area (Å²) in [5, 5.41) is 3.94. The van der Waals surface area contributed by atoms with Crippen LogP contribution in [0, 0.1) is 17.8 Å². The number of carbonyl (C=O) groups excluding carboxylic acids is 1. The summed E-state index contributed by atoms with van der Waals surface area (Å²) >= 11 is 6.31. The maximum atomic E-state index is 12.5. The van der Waals surface area contributed by atoms with Gasteiger partial charge in [0.25, 0.3) is 0 Å². The number of hydrogen-bond acceptors (Lipinski definition) is 1. The molecule has 2 aliphatic carbocycles. The zero-order chi connectivity index (χ0) is 15.7. The van der Waals surface area contributed by atoms with Crippen LogP contribution in [0.1, 0.15) is 57.1 Å². The van der Waals surface area contributed by atoms with Gasteiger partial charge in [0.1, 0.15) is 0 Å². The van der Waals surface area contributed by atoms with Crippen LogP contribution in [0.3, 0.4) is 0 Å². The minimum Gasteiger partial charge on any atom is -0.326 e. The van der Waals surface area contributed by atoms with Gasteiger partial charge >= 0.3 is 0 Å². The lowest BCUT2D eigenvalue weighted by Crippen LogP contribution is -2.21. The first-order valence-electron chi connectivity index (χ1n) is 8.72. The van der Waals surface area contributed by atoms with Gasteiger partial charge in [-0.25, -0.2) is 0 Å². The molecule has 3 rings (SSSR count). The summed E-state index contributed by atoms with van der Waals surface area (Å²) in [5.41, 5.74) is 3.22. The maximum Gasteiger partial charge on any atom is 0.224 e. The minimum absolute atomic E-state index is 0.171. The van der Waals surface area contributed by atoms with E-state index in [0.717, 1.165) is 41.0 Å². The molecule has 0 saturated heterocycles. The van der Waals surface area contributed by atoms with Gasteiger partial charge in [0.15, 0.2) is 0 Å². The lowest BCUT2D eigenvalue weighted by molar-refractivity contribution is -0.117. The van der Waals surface area contributed by atoms with E-state index in [-0.39, 0.29) is 5.91 Å². The normalized spacial score (nSPS) is 26.4. The van der Waals surface area contributed by atoms with Crippen molar-refractivity contribution < 1.29 is 4.79 Å². The van der Waals surface area contributed by atoms with Gasteiger partial charge in [0.05, 0.1) is 0 Å². The topological polar surface area (TPSA) is 29.1 Å². The largest absolute Gasteiger partial charge is 0.326 e. The fourth-order valence-corrected chi connectivity index (χ4v) is 4.81. The number of aryl methyl sites for hydroxylation is 1. The summed E-state index contributed by atoms with van der Waals surface area (Å²) < 4.78 is 0. The summed E-state index contributed by atoms with van der Waals surface area (Å²) in [7, 11) is 0. The third-order valence-electron chi connectivity index (χ3n) is 5.67. The molecule has 0 aliphatic heterocycles. The van der Waals surface area contributed by atoms with Gasteiger partial charge in [-0.05, 0) is 67.1 Å². The second-order valence-electron chi connectivity index (χ2n) is 6.95. The molecule has 120 valence electrons. The molecular weight excluding hydrogens is 294 g/mol. The first-order valence-corrected chi connectivity index (χ1v) is 9.10. The number of benzene rings is 1. The van der Waals surface area contributed by atoms with Gasteiger partial charge in [0.2, 0.25) is 5.91 Å². The molecule has 2 saturated carbocycles. The first kappa shape index (κ1) is 15.9. The monoisotopic (exact) mass is 319 g/mol. The number of fused-ring (bicyclic) bond motifs is 2. The number of anilines is 1. The van der Waals surface area contributed by atoms with Gasteiger partial charge in [-0.3, -0.25) is 4.79 Å².